The van der Waals surface area contributed by atoms with Crippen LogP contribution in [0.4, 0.5) is 14.9 Å². The van der Waals surface area contributed by atoms with E-state index in [0.717, 1.165) is 24.8 Å². The summed E-state index contributed by atoms with van der Waals surface area (Å²) in [5, 5.41) is 5.67. The van der Waals surface area contributed by atoms with Crippen molar-refractivity contribution in [2.24, 2.45) is 0 Å². The molecule has 2 heterocycles. The molecule has 3 rings (SSSR count). The topological polar surface area (TPSA) is 59.6 Å². The molecule has 22 heavy (non-hydrogen) atoms. The molecule has 0 aliphatic carbocycles. The van der Waals surface area contributed by atoms with Crippen molar-refractivity contribution in [1.29, 1.82) is 0 Å². The van der Waals surface area contributed by atoms with Gasteiger partial charge in [-0.2, -0.15) is 0 Å². The van der Waals surface area contributed by atoms with Crippen LogP contribution in [0.2, 0.25) is 0 Å². The summed E-state index contributed by atoms with van der Waals surface area (Å²) >= 11 is 0. The van der Waals surface area contributed by atoms with Gasteiger partial charge in [0.2, 0.25) is 0 Å². The van der Waals surface area contributed by atoms with Crippen molar-refractivity contribution >= 4 is 11.7 Å². The van der Waals surface area contributed by atoms with Gasteiger partial charge in [-0.15, -0.1) is 0 Å². The summed E-state index contributed by atoms with van der Waals surface area (Å²) in [5.74, 6) is -0.367. The number of nitrogens with one attached hydrogen (secondary N) is 2. The van der Waals surface area contributed by atoms with Gasteiger partial charge in [-0.3, -0.25) is 0 Å². The highest BCUT2D eigenvalue weighted by Gasteiger charge is 2.41. The fraction of sp³-hybridized carbons (Fsp3) is 0.562. The summed E-state index contributed by atoms with van der Waals surface area (Å²) in [5.41, 5.74) is 1.07. The minimum atomic E-state index is -0.367. The second-order valence-corrected chi connectivity index (χ2v) is 6.08. The van der Waals surface area contributed by atoms with Gasteiger partial charge in [0.1, 0.15) is 5.82 Å². The molecule has 0 radical (unpaired) electrons. The van der Waals surface area contributed by atoms with Crippen LogP contribution in [0, 0.1) is 12.7 Å². The molecule has 2 saturated heterocycles. The van der Waals surface area contributed by atoms with Crippen LogP contribution >= 0.6 is 0 Å². The number of aryl methyl sites for hydroxylation is 1. The third kappa shape index (κ3) is 3.39. The zero-order valence-corrected chi connectivity index (χ0v) is 12.7. The Morgan fingerprint density at radius 1 is 1.41 bits per heavy atom. The molecule has 2 amide bonds. The number of carbonyl (C=O) groups excluding carboxylic acids is 1. The molecule has 2 N–H and O–H groups in total. The Hall–Kier alpha value is -1.66. The fourth-order valence-corrected chi connectivity index (χ4v) is 3.09. The maximum absolute atomic E-state index is 13.3. The van der Waals surface area contributed by atoms with Crippen molar-refractivity contribution in [1.82, 2.24) is 5.32 Å². The van der Waals surface area contributed by atoms with Gasteiger partial charge in [0.15, 0.2) is 0 Å². The molecule has 2 fully saturated rings. The fourth-order valence-electron chi connectivity index (χ4n) is 3.09. The SMILES string of the molecule is Cc1ccc(F)cc1NC(=O)NC1CCOC2(CCOC2)C1. The van der Waals surface area contributed by atoms with E-state index in [2.05, 4.69) is 10.6 Å². The van der Waals surface area contributed by atoms with Crippen molar-refractivity contribution in [3.63, 3.8) is 0 Å². The second-order valence-electron chi connectivity index (χ2n) is 6.08. The Morgan fingerprint density at radius 2 is 2.27 bits per heavy atom. The number of amides is 2. The molecule has 120 valence electrons. The van der Waals surface area contributed by atoms with E-state index in [1.807, 2.05) is 6.92 Å². The molecule has 0 aromatic heterocycles. The van der Waals surface area contributed by atoms with Gasteiger partial charge >= 0.3 is 6.03 Å². The lowest BCUT2D eigenvalue weighted by Gasteiger charge is -2.37. The third-order valence-electron chi connectivity index (χ3n) is 4.34. The number of benzene rings is 1. The number of hydrogen-bond acceptors (Lipinski definition) is 3. The number of ether oxygens (including phenoxy) is 2. The third-order valence-corrected chi connectivity index (χ3v) is 4.34. The largest absolute Gasteiger partial charge is 0.378 e. The summed E-state index contributed by atoms with van der Waals surface area (Å²) in [6.45, 7) is 3.75. The van der Waals surface area contributed by atoms with E-state index < -0.39 is 0 Å². The van der Waals surface area contributed by atoms with Crippen LogP contribution in [0.3, 0.4) is 0 Å². The van der Waals surface area contributed by atoms with Gasteiger partial charge in [-0.05, 0) is 37.5 Å². The lowest BCUT2D eigenvalue weighted by molar-refractivity contribution is -0.0877. The van der Waals surface area contributed by atoms with Gasteiger partial charge in [-0.25, -0.2) is 9.18 Å². The van der Waals surface area contributed by atoms with E-state index >= 15 is 0 Å². The zero-order chi connectivity index (χ0) is 15.6. The average molecular weight is 308 g/mol. The summed E-state index contributed by atoms with van der Waals surface area (Å²) in [6, 6.07) is 4.08. The number of hydrogen-bond donors (Lipinski definition) is 2. The van der Waals surface area contributed by atoms with Gasteiger partial charge in [0, 0.05) is 31.4 Å². The molecule has 1 spiro atoms. The molecular formula is C16H21FN2O3. The number of halogens is 1. The smallest absolute Gasteiger partial charge is 0.319 e. The first-order valence-corrected chi connectivity index (χ1v) is 7.62. The van der Waals surface area contributed by atoms with Crippen LogP contribution in [-0.4, -0.2) is 37.5 Å². The highest BCUT2D eigenvalue weighted by atomic mass is 19.1. The predicted molar refractivity (Wildman–Crippen MR) is 80.4 cm³/mol. The minimum absolute atomic E-state index is 0.0457. The summed E-state index contributed by atoms with van der Waals surface area (Å²) in [6.07, 6.45) is 2.40. The molecule has 1 aromatic rings. The Bertz CT molecular complexity index is 558. The zero-order valence-electron chi connectivity index (χ0n) is 12.7. The molecule has 2 atom stereocenters. The molecule has 5 nitrogen and oxygen atoms in total. The molecule has 2 unspecified atom stereocenters. The average Bonchev–Trinajstić information content (AvgIpc) is 2.90. The second kappa shape index (κ2) is 6.22. The van der Waals surface area contributed by atoms with Crippen molar-refractivity contribution in [3.05, 3.63) is 29.6 Å². The van der Waals surface area contributed by atoms with E-state index in [9.17, 15) is 9.18 Å². The van der Waals surface area contributed by atoms with Crippen LogP contribution in [0.15, 0.2) is 18.2 Å². The molecule has 0 saturated carbocycles. The van der Waals surface area contributed by atoms with E-state index in [4.69, 9.17) is 9.47 Å². The standard InChI is InChI=1S/C16H21FN2O3/c1-11-2-3-12(17)8-14(11)19-15(20)18-13-4-6-22-16(9-13)5-7-21-10-16/h2-3,8,13H,4-7,9-10H2,1H3,(H2,18,19,20). The summed E-state index contributed by atoms with van der Waals surface area (Å²) in [7, 11) is 0. The first-order chi connectivity index (χ1) is 10.6. The minimum Gasteiger partial charge on any atom is -0.378 e. The summed E-state index contributed by atoms with van der Waals surface area (Å²) < 4.78 is 24.5. The van der Waals surface area contributed by atoms with Crippen molar-refractivity contribution in [2.45, 2.75) is 37.8 Å². The summed E-state index contributed by atoms with van der Waals surface area (Å²) in [4.78, 5) is 12.1. The number of carbonyl (C=O) groups is 1. The normalized spacial score (nSPS) is 27.8. The van der Waals surface area contributed by atoms with Crippen LogP contribution in [0.5, 0.6) is 0 Å². The maximum atomic E-state index is 13.3. The van der Waals surface area contributed by atoms with Crippen LogP contribution in [0.25, 0.3) is 0 Å². The van der Waals surface area contributed by atoms with E-state index in [1.165, 1.54) is 12.1 Å². The number of rotatable bonds is 2. The maximum Gasteiger partial charge on any atom is 0.319 e. The number of anilines is 1. The van der Waals surface area contributed by atoms with Crippen LogP contribution in [-0.2, 0) is 9.47 Å². The lowest BCUT2D eigenvalue weighted by atomic mass is 9.90. The molecule has 0 bridgehead atoms. The first-order valence-electron chi connectivity index (χ1n) is 7.62. The predicted octanol–water partition coefficient (Wildman–Crippen LogP) is 2.59. The van der Waals surface area contributed by atoms with Gasteiger partial charge in [0.05, 0.1) is 12.2 Å². The quantitative estimate of drug-likeness (QED) is 0.883. The van der Waals surface area contributed by atoms with E-state index in [1.54, 1.807) is 6.07 Å². The Morgan fingerprint density at radius 3 is 3.05 bits per heavy atom. The van der Waals surface area contributed by atoms with Gasteiger partial charge in [0.25, 0.3) is 0 Å². The monoisotopic (exact) mass is 308 g/mol. The Kier molecular flexibility index (Phi) is 4.31. The lowest BCUT2D eigenvalue weighted by Crippen LogP contribution is -2.49. The Labute approximate surface area is 129 Å². The number of urea groups is 1. The first kappa shape index (κ1) is 15.2. The molecule has 2 aliphatic heterocycles. The van der Waals surface area contributed by atoms with E-state index in [-0.39, 0.29) is 23.5 Å². The van der Waals surface area contributed by atoms with Gasteiger partial charge < -0.3 is 20.1 Å². The highest BCUT2D eigenvalue weighted by Crippen LogP contribution is 2.32. The van der Waals surface area contributed by atoms with Crippen molar-refractivity contribution in [2.75, 3.05) is 25.1 Å². The van der Waals surface area contributed by atoms with Crippen molar-refractivity contribution in [3.8, 4) is 0 Å². The highest BCUT2D eigenvalue weighted by molar-refractivity contribution is 5.90. The Balaban J connectivity index is 1.58. The van der Waals surface area contributed by atoms with E-state index in [0.29, 0.717) is 25.5 Å². The molecule has 1 aromatic carbocycles. The molecular weight excluding hydrogens is 287 g/mol. The molecule has 6 heteroatoms. The van der Waals surface area contributed by atoms with Crippen LogP contribution < -0.4 is 10.6 Å². The van der Waals surface area contributed by atoms with Crippen molar-refractivity contribution < 1.29 is 18.7 Å². The van der Waals surface area contributed by atoms with Crippen LogP contribution in [0.1, 0.15) is 24.8 Å². The molecule has 2 aliphatic rings. The van der Waals surface area contributed by atoms with Gasteiger partial charge in [-0.1, -0.05) is 6.07 Å².